The molecule has 0 radical (unpaired) electrons. The third-order valence-corrected chi connectivity index (χ3v) is 4.80. The molecule has 2 aromatic rings. The summed E-state index contributed by atoms with van der Waals surface area (Å²) in [6.07, 6.45) is 1.06. The van der Waals surface area contributed by atoms with Crippen LogP contribution in [0.1, 0.15) is 43.9 Å². The molecule has 0 unspecified atom stereocenters. The highest BCUT2D eigenvalue weighted by Crippen LogP contribution is 2.14. The third kappa shape index (κ3) is 6.84. The van der Waals surface area contributed by atoms with Crippen LogP contribution in [-0.4, -0.2) is 29.3 Å². The van der Waals surface area contributed by atoms with E-state index in [-0.39, 0.29) is 11.8 Å². The number of hydrogen-bond acceptors (Lipinski definition) is 2. The molecule has 2 aromatic carbocycles. The lowest BCUT2D eigenvalue weighted by molar-refractivity contribution is -0.140. The molecule has 1 N–H and O–H groups in total. The molecule has 1 atom stereocenters. The Morgan fingerprint density at radius 2 is 1.57 bits per heavy atom. The number of benzene rings is 2. The van der Waals surface area contributed by atoms with Gasteiger partial charge in [-0.05, 0) is 37.3 Å². The van der Waals surface area contributed by atoms with Crippen LogP contribution in [0.3, 0.4) is 0 Å². The Kier molecular flexibility index (Phi) is 8.24. The van der Waals surface area contributed by atoms with E-state index in [1.54, 1.807) is 4.90 Å². The number of rotatable bonds is 9. The molecule has 0 aliphatic heterocycles. The van der Waals surface area contributed by atoms with E-state index in [4.69, 9.17) is 0 Å². The number of nitrogens with one attached hydrogen (secondary N) is 1. The van der Waals surface area contributed by atoms with Gasteiger partial charge in [0.2, 0.25) is 11.8 Å². The predicted molar refractivity (Wildman–Crippen MR) is 114 cm³/mol. The minimum atomic E-state index is -0.511. The Bertz CT molecular complexity index is 754. The van der Waals surface area contributed by atoms with Crippen LogP contribution in [0.5, 0.6) is 0 Å². The van der Waals surface area contributed by atoms with Gasteiger partial charge in [-0.3, -0.25) is 9.59 Å². The Morgan fingerprint density at radius 3 is 2.18 bits per heavy atom. The van der Waals surface area contributed by atoms with Crippen LogP contribution >= 0.6 is 0 Å². The number of amides is 2. The standard InChI is InChI=1S/C24H32N2O2/c1-18(2)16-25-24(28)20(4)26(17-22-12-10-19(3)11-13-22)23(27)15-14-21-8-6-5-7-9-21/h5-13,18,20H,14-17H2,1-4H3,(H,25,28)/t20-/m1/s1. The average molecular weight is 381 g/mol. The molecule has 0 saturated heterocycles. The second-order valence-electron chi connectivity index (χ2n) is 7.81. The van der Waals surface area contributed by atoms with Crippen LogP contribution in [0.15, 0.2) is 54.6 Å². The summed E-state index contributed by atoms with van der Waals surface area (Å²) in [5.41, 5.74) is 3.33. The third-order valence-electron chi connectivity index (χ3n) is 4.80. The highest BCUT2D eigenvalue weighted by molar-refractivity contribution is 5.87. The summed E-state index contributed by atoms with van der Waals surface area (Å²) in [6, 6.07) is 17.6. The van der Waals surface area contributed by atoms with E-state index in [2.05, 4.69) is 19.2 Å². The molecule has 2 amide bonds. The van der Waals surface area contributed by atoms with Crippen molar-refractivity contribution in [3.05, 3.63) is 71.3 Å². The molecule has 0 aliphatic rings. The molecule has 4 nitrogen and oxygen atoms in total. The number of aryl methyl sites for hydroxylation is 2. The lowest BCUT2D eigenvalue weighted by Gasteiger charge is -2.29. The van der Waals surface area contributed by atoms with Crippen molar-refractivity contribution in [2.24, 2.45) is 5.92 Å². The molecule has 28 heavy (non-hydrogen) atoms. The maximum atomic E-state index is 13.0. The summed E-state index contributed by atoms with van der Waals surface area (Å²) in [5.74, 6) is 0.265. The van der Waals surface area contributed by atoms with Gasteiger partial charge in [0.25, 0.3) is 0 Å². The first-order valence-corrected chi connectivity index (χ1v) is 10.0. The lowest BCUT2D eigenvalue weighted by Crippen LogP contribution is -2.48. The van der Waals surface area contributed by atoms with Crippen molar-refractivity contribution >= 4 is 11.8 Å². The van der Waals surface area contributed by atoms with Crippen LogP contribution in [0.4, 0.5) is 0 Å². The molecule has 0 spiro atoms. The van der Waals surface area contributed by atoms with Gasteiger partial charge >= 0.3 is 0 Å². The van der Waals surface area contributed by atoms with Crippen LogP contribution in [-0.2, 0) is 22.6 Å². The van der Waals surface area contributed by atoms with E-state index in [0.29, 0.717) is 31.8 Å². The van der Waals surface area contributed by atoms with E-state index >= 15 is 0 Å². The first-order valence-electron chi connectivity index (χ1n) is 10.0. The van der Waals surface area contributed by atoms with E-state index < -0.39 is 6.04 Å². The van der Waals surface area contributed by atoms with Crippen molar-refractivity contribution in [1.82, 2.24) is 10.2 Å². The van der Waals surface area contributed by atoms with Gasteiger partial charge in [-0.2, -0.15) is 0 Å². The van der Waals surface area contributed by atoms with Crippen molar-refractivity contribution < 1.29 is 9.59 Å². The molecular formula is C24H32N2O2. The summed E-state index contributed by atoms with van der Waals surface area (Å²) in [5, 5.41) is 2.95. The van der Waals surface area contributed by atoms with Gasteiger partial charge in [0, 0.05) is 19.5 Å². The highest BCUT2D eigenvalue weighted by Gasteiger charge is 2.25. The smallest absolute Gasteiger partial charge is 0.242 e. The molecule has 0 fully saturated rings. The average Bonchev–Trinajstić information content (AvgIpc) is 2.70. The second-order valence-corrected chi connectivity index (χ2v) is 7.81. The van der Waals surface area contributed by atoms with Crippen molar-refractivity contribution in [2.75, 3.05) is 6.54 Å². The first-order chi connectivity index (χ1) is 13.4. The van der Waals surface area contributed by atoms with Gasteiger partial charge in [-0.15, -0.1) is 0 Å². The van der Waals surface area contributed by atoms with Crippen molar-refractivity contribution in [3.63, 3.8) is 0 Å². The topological polar surface area (TPSA) is 49.4 Å². The Hall–Kier alpha value is -2.62. The number of hydrogen-bond donors (Lipinski definition) is 1. The van der Waals surface area contributed by atoms with Crippen molar-refractivity contribution in [3.8, 4) is 0 Å². The van der Waals surface area contributed by atoms with Crippen LogP contribution in [0, 0.1) is 12.8 Å². The van der Waals surface area contributed by atoms with E-state index in [1.807, 2.05) is 68.4 Å². The first kappa shape index (κ1) is 21.7. The lowest BCUT2D eigenvalue weighted by atomic mass is 10.1. The molecule has 0 aliphatic carbocycles. The van der Waals surface area contributed by atoms with E-state index in [0.717, 1.165) is 11.1 Å². The zero-order valence-electron chi connectivity index (χ0n) is 17.4. The molecule has 0 saturated carbocycles. The van der Waals surface area contributed by atoms with Gasteiger partial charge in [0.15, 0.2) is 0 Å². The van der Waals surface area contributed by atoms with Crippen molar-refractivity contribution in [1.29, 1.82) is 0 Å². The molecule has 0 aromatic heterocycles. The zero-order valence-corrected chi connectivity index (χ0v) is 17.4. The molecule has 0 heterocycles. The quantitative estimate of drug-likeness (QED) is 0.711. The molecule has 150 valence electrons. The number of nitrogens with zero attached hydrogens (tertiary/aromatic N) is 1. The zero-order chi connectivity index (χ0) is 20.5. The predicted octanol–water partition coefficient (Wildman–Crippen LogP) is 4.12. The molecule has 0 bridgehead atoms. The minimum Gasteiger partial charge on any atom is -0.354 e. The number of carbonyl (C=O) groups is 2. The van der Waals surface area contributed by atoms with Crippen LogP contribution < -0.4 is 5.32 Å². The molecule has 2 rings (SSSR count). The van der Waals surface area contributed by atoms with E-state index in [9.17, 15) is 9.59 Å². The molecular weight excluding hydrogens is 348 g/mol. The summed E-state index contributed by atoms with van der Waals surface area (Å²) in [4.78, 5) is 27.3. The number of carbonyl (C=O) groups excluding carboxylic acids is 2. The van der Waals surface area contributed by atoms with Gasteiger partial charge in [0.1, 0.15) is 6.04 Å². The Balaban J connectivity index is 2.10. The molecule has 4 heteroatoms. The maximum absolute atomic E-state index is 13.0. The van der Waals surface area contributed by atoms with Gasteiger partial charge in [-0.1, -0.05) is 74.0 Å². The van der Waals surface area contributed by atoms with Gasteiger partial charge < -0.3 is 10.2 Å². The SMILES string of the molecule is Cc1ccc(CN(C(=O)CCc2ccccc2)[C@H](C)C(=O)NCC(C)C)cc1. The summed E-state index contributed by atoms with van der Waals surface area (Å²) < 4.78 is 0. The van der Waals surface area contributed by atoms with E-state index in [1.165, 1.54) is 5.56 Å². The fraction of sp³-hybridized carbons (Fsp3) is 0.417. The van der Waals surface area contributed by atoms with Crippen molar-refractivity contribution in [2.45, 2.75) is 53.1 Å². The van der Waals surface area contributed by atoms with Crippen LogP contribution in [0.2, 0.25) is 0 Å². The maximum Gasteiger partial charge on any atom is 0.242 e. The largest absolute Gasteiger partial charge is 0.354 e. The van der Waals surface area contributed by atoms with Gasteiger partial charge in [-0.25, -0.2) is 0 Å². The summed E-state index contributed by atoms with van der Waals surface area (Å²) >= 11 is 0. The Morgan fingerprint density at radius 1 is 0.929 bits per heavy atom. The second kappa shape index (κ2) is 10.6. The van der Waals surface area contributed by atoms with Crippen LogP contribution in [0.25, 0.3) is 0 Å². The Labute approximate surface area is 169 Å². The minimum absolute atomic E-state index is 0.00313. The summed E-state index contributed by atoms with van der Waals surface area (Å²) in [6.45, 7) is 9.00. The fourth-order valence-corrected chi connectivity index (χ4v) is 2.96. The summed E-state index contributed by atoms with van der Waals surface area (Å²) in [7, 11) is 0. The monoisotopic (exact) mass is 380 g/mol. The highest BCUT2D eigenvalue weighted by atomic mass is 16.2. The normalized spacial score (nSPS) is 11.9. The fourth-order valence-electron chi connectivity index (χ4n) is 2.96. The van der Waals surface area contributed by atoms with Gasteiger partial charge in [0.05, 0.1) is 0 Å².